The summed E-state index contributed by atoms with van der Waals surface area (Å²) in [6, 6.07) is 17.2. The van der Waals surface area contributed by atoms with Crippen molar-refractivity contribution < 1.29 is 0 Å². The Labute approximate surface area is 155 Å². The van der Waals surface area contributed by atoms with Crippen LogP contribution in [-0.4, -0.2) is 11.4 Å². The normalized spacial score (nSPS) is 17.2. The Hall–Kier alpha value is -2.74. The number of rotatable bonds is 3. The van der Waals surface area contributed by atoms with Crippen LogP contribution in [0.1, 0.15) is 47.9 Å². The van der Waals surface area contributed by atoms with Gasteiger partial charge in [0.25, 0.3) is 0 Å². The standard InChI is InChI=1S/C24H24N2/c1-17-5-3-7-19(13-17)23-11-9-21(15-25-23)22-10-12-24(26-16-22)20-8-4-6-18(2)14-20/h3-8,13-16H,9-12H2,1-2H3. The Bertz CT molecular complexity index is 878. The lowest BCUT2D eigenvalue weighted by molar-refractivity contribution is 0.909. The summed E-state index contributed by atoms with van der Waals surface area (Å²) in [6.45, 7) is 4.26. The molecule has 0 unspecified atom stereocenters. The first kappa shape index (κ1) is 16.7. The predicted octanol–water partition coefficient (Wildman–Crippen LogP) is 5.94. The molecule has 2 nitrogen and oxygen atoms in total. The van der Waals surface area contributed by atoms with Gasteiger partial charge in [0, 0.05) is 23.8 Å². The van der Waals surface area contributed by atoms with Crippen LogP contribution in [0.25, 0.3) is 0 Å². The first-order chi connectivity index (χ1) is 12.7. The van der Waals surface area contributed by atoms with Crippen LogP contribution in [0.4, 0.5) is 0 Å². The van der Waals surface area contributed by atoms with E-state index in [1.54, 1.807) is 0 Å². The minimum atomic E-state index is 1.00. The molecule has 4 rings (SSSR count). The smallest absolute Gasteiger partial charge is 0.0479 e. The average Bonchev–Trinajstić information content (AvgIpc) is 2.68. The van der Waals surface area contributed by atoms with Gasteiger partial charge in [0.1, 0.15) is 0 Å². The van der Waals surface area contributed by atoms with Crippen LogP contribution in [0, 0.1) is 13.8 Å². The molecular formula is C24H24N2. The number of allylic oxidation sites excluding steroid dienone is 2. The van der Waals surface area contributed by atoms with Crippen LogP contribution < -0.4 is 0 Å². The molecular weight excluding hydrogens is 316 g/mol. The molecule has 0 saturated carbocycles. The van der Waals surface area contributed by atoms with Crippen molar-refractivity contribution in [2.45, 2.75) is 39.5 Å². The minimum absolute atomic E-state index is 1.00. The maximum Gasteiger partial charge on any atom is 0.0479 e. The van der Waals surface area contributed by atoms with E-state index in [4.69, 9.17) is 9.98 Å². The van der Waals surface area contributed by atoms with Gasteiger partial charge in [-0.3, -0.25) is 9.98 Å². The molecule has 2 aromatic carbocycles. The van der Waals surface area contributed by atoms with E-state index >= 15 is 0 Å². The van der Waals surface area contributed by atoms with Crippen LogP contribution in [-0.2, 0) is 0 Å². The third-order valence-electron chi connectivity index (χ3n) is 5.13. The number of aryl methyl sites for hydroxylation is 2. The van der Waals surface area contributed by atoms with Crippen LogP contribution in [0.3, 0.4) is 0 Å². The average molecular weight is 340 g/mol. The highest BCUT2D eigenvalue weighted by molar-refractivity contribution is 6.02. The molecule has 130 valence electrons. The number of benzene rings is 2. The van der Waals surface area contributed by atoms with Crippen molar-refractivity contribution in [3.63, 3.8) is 0 Å². The molecule has 0 aromatic heterocycles. The highest BCUT2D eigenvalue weighted by Crippen LogP contribution is 2.29. The second kappa shape index (κ2) is 7.25. The summed E-state index contributed by atoms with van der Waals surface area (Å²) in [5, 5.41) is 0. The van der Waals surface area contributed by atoms with Crippen molar-refractivity contribution in [3.05, 3.63) is 94.3 Å². The lowest BCUT2D eigenvalue weighted by atomic mass is 9.90. The van der Waals surface area contributed by atoms with Crippen molar-refractivity contribution in [1.29, 1.82) is 0 Å². The predicted molar refractivity (Wildman–Crippen MR) is 110 cm³/mol. The van der Waals surface area contributed by atoms with E-state index in [0.717, 1.165) is 25.7 Å². The van der Waals surface area contributed by atoms with Crippen LogP contribution >= 0.6 is 0 Å². The summed E-state index contributed by atoms with van der Waals surface area (Å²) >= 11 is 0. The summed E-state index contributed by atoms with van der Waals surface area (Å²) in [6.07, 6.45) is 8.21. The largest absolute Gasteiger partial charge is 0.260 e. The quantitative estimate of drug-likeness (QED) is 0.661. The molecule has 0 atom stereocenters. The number of hydrogen-bond donors (Lipinski definition) is 0. The zero-order valence-electron chi connectivity index (χ0n) is 15.5. The minimum Gasteiger partial charge on any atom is -0.260 e. The summed E-state index contributed by atoms with van der Waals surface area (Å²) in [4.78, 5) is 9.50. The van der Waals surface area contributed by atoms with Gasteiger partial charge < -0.3 is 0 Å². The fourth-order valence-corrected chi connectivity index (χ4v) is 3.65. The fraction of sp³-hybridized carbons (Fsp3) is 0.250. The molecule has 26 heavy (non-hydrogen) atoms. The van der Waals surface area contributed by atoms with Gasteiger partial charge >= 0.3 is 0 Å². The maximum atomic E-state index is 4.75. The molecule has 0 fully saturated rings. The van der Waals surface area contributed by atoms with E-state index in [1.165, 1.54) is 44.8 Å². The number of aliphatic imine (C=N–C) groups is 2. The maximum absolute atomic E-state index is 4.75. The molecule has 2 heteroatoms. The molecule has 0 radical (unpaired) electrons. The lowest BCUT2D eigenvalue weighted by Crippen LogP contribution is -2.10. The third kappa shape index (κ3) is 3.60. The van der Waals surface area contributed by atoms with E-state index in [9.17, 15) is 0 Å². The Morgan fingerprint density at radius 2 is 1.08 bits per heavy atom. The number of nitrogens with zero attached hydrogens (tertiary/aromatic N) is 2. The molecule has 0 saturated heterocycles. The molecule has 0 bridgehead atoms. The van der Waals surface area contributed by atoms with Gasteiger partial charge in [-0.05, 0) is 61.8 Å². The van der Waals surface area contributed by atoms with Crippen LogP contribution in [0.2, 0.25) is 0 Å². The molecule has 2 aliphatic rings. The van der Waals surface area contributed by atoms with E-state index in [0.29, 0.717) is 0 Å². The Balaban J connectivity index is 1.54. The SMILES string of the molecule is Cc1cccc(C2=NC=C(C3=CN=C(c4cccc(C)c4)CC3)CC2)c1. The van der Waals surface area contributed by atoms with Gasteiger partial charge in [-0.15, -0.1) is 0 Å². The van der Waals surface area contributed by atoms with Crippen molar-refractivity contribution >= 4 is 11.4 Å². The first-order valence-electron chi connectivity index (χ1n) is 9.35. The van der Waals surface area contributed by atoms with Crippen molar-refractivity contribution in [1.82, 2.24) is 0 Å². The Kier molecular flexibility index (Phi) is 4.66. The van der Waals surface area contributed by atoms with Crippen LogP contribution in [0.5, 0.6) is 0 Å². The summed E-state index contributed by atoms with van der Waals surface area (Å²) < 4.78 is 0. The zero-order valence-corrected chi connectivity index (χ0v) is 15.5. The number of hydrogen-bond acceptors (Lipinski definition) is 2. The molecule has 0 aliphatic carbocycles. The summed E-state index contributed by atoms with van der Waals surface area (Å²) in [5.74, 6) is 0. The molecule has 0 amide bonds. The van der Waals surface area contributed by atoms with Crippen LogP contribution in [0.15, 0.2) is 82.1 Å². The van der Waals surface area contributed by atoms with Gasteiger partial charge in [-0.2, -0.15) is 0 Å². The molecule has 2 heterocycles. The highest BCUT2D eigenvalue weighted by atomic mass is 14.7. The topological polar surface area (TPSA) is 24.7 Å². The van der Waals surface area contributed by atoms with E-state index in [-0.39, 0.29) is 0 Å². The van der Waals surface area contributed by atoms with Gasteiger partial charge in [-0.1, -0.05) is 59.7 Å². The van der Waals surface area contributed by atoms with Crippen molar-refractivity contribution in [3.8, 4) is 0 Å². The summed E-state index contributed by atoms with van der Waals surface area (Å²) in [5.41, 5.74) is 10.1. The van der Waals surface area contributed by atoms with Gasteiger partial charge in [-0.25, -0.2) is 0 Å². The summed E-state index contributed by atoms with van der Waals surface area (Å²) in [7, 11) is 0. The van der Waals surface area contributed by atoms with Crippen molar-refractivity contribution in [2.24, 2.45) is 9.98 Å². The molecule has 2 aliphatic heterocycles. The van der Waals surface area contributed by atoms with Crippen molar-refractivity contribution in [2.75, 3.05) is 0 Å². The Morgan fingerprint density at radius 3 is 1.42 bits per heavy atom. The van der Waals surface area contributed by atoms with E-state index < -0.39 is 0 Å². The third-order valence-corrected chi connectivity index (χ3v) is 5.13. The monoisotopic (exact) mass is 340 g/mol. The zero-order chi connectivity index (χ0) is 17.9. The highest BCUT2D eigenvalue weighted by Gasteiger charge is 2.17. The second-order valence-electron chi connectivity index (χ2n) is 7.20. The molecule has 0 spiro atoms. The Morgan fingerprint density at radius 1 is 0.615 bits per heavy atom. The van der Waals surface area contributed by atoms with E-state index in [2.05, 4.69) is 74.8 Å². The van der Waals surface area contributed by atoms with Gasteiger partial charge in [0.2, 0.25) is 0 Å². The van der Waals surface area contributed by atoms with Gasteiger partial charge in [0.05, 0.1) is 0 Å². The molecule has 0 N–H and O–H groups in total. The van der Waals surface area contributed by atoms with E-state index in [1.807, 2.05) is 0 Å². The van der Waals surface area contributed by atoms with Gasteiger partial charge in [0.15, 0.2) is 0 Å². The first-order valence-corrected chi connectivity index (χ1v) is 9.35. The second-order valence-corrected chi connectivity index (χ2v) is 7.20. The fourth-order valence-electron chi connectivity index (χ4n) is 3.65. The molecule has 2 aromatic rings. The lowest BCUT2D eigenvalue weighted by Gasteiger charge is -2.19.